The van der Waals surface area contributed by atoms with Gasteiger partial charge < -0.3 is 10.6 Å². The number of aromatic nitrogens is 2. The van der Waals surface area contributed by atoms with Crippen molar-refractivity contribution in [3.63, 3.8) is 0 Å². The van der Waals surface area contributed by atoms with Gasteiger partial charge in [-0.05, 0) is 30.5 Å². The van der Waals surface area contributed by atoms with Crippen LogP contribution in [0.4, 0.5) is 5.82 Å². The molecule has 1 heterocycles. The van der Waals surface area contributed by atoms with Crippen molar-refractivity contribution < 1.29 is 9.59 Å². The monoisotopic (exact) mass is 374 g/mol. The Morgan fingerprint density at radius 3 is 2.58 bits per heavy atom. The summed E-state index contributed by atoms with van der Waals surface area (Å²) in [4.78, 5) is 24.1. The molecular weight excluding hydrogens is 352 g/mol. The van der Waals surface area contributed by atoms with Gasteiger partial charge in [0, 0.05) is 18.0 Å². The number of anilines is 1. The summed E-state index contributed by atoms with van der Waals surface area (Å²) in [6.45, 7) is 1.44. The number of halogens is 1. The second-order valence-corrected chi connectivity index (χ2v) is 7.09. The highest BCUT2D eigenvalue weighted by Gasteiger charge is 2.22. The van der Waals surface area contributed by atoms with Gasteiger partial charge in [-0.3, -0.25) is 9.59 Å². The average Bonchev–Trinajstić information content (AvgIpc) is 3.25. The van der Waals surface area contributed by atoms with Crippen LogP contribution in [-0.2, 0) is 9.59 Å². The SMILES string of the molecule is CC(=O)NC(CC(=O)Nc1ccnn1C1CCCC1)c1ccc(Cl)cc1. The van der Waals surface area contributed by atoms with Gasteiger partial charge in [0.25, 0.3) is 0 Å². The normalized spacial score (nSPS) is 15.6. The molecule has 0 aliphatic heterocycles. The van der Waals surface area contributed by atoms with Crippen molar-refractivity contribution in [3.8, 4) is 0 Å². The zero-order valence-corrected chi connectivity index (χ0v) is 15.5. The first-order valence-electron chi connectivity index (χ1n) is 8.89. The van der Waals surface area contributed by atoms with Crippen molar-refractivity contribution in [3.05, 3.63) is 47.1 Å². The first kappa shape index (κ1) is 18.5. The molecular formula is C19H23ClN4O2. The average molecular weight is 375 g/mol. The summed E-state index contributed by atoms with van der Waals surface area (Å²) in [6, 6.07) is 8.89. The highest BCUT2D eigenvalue weighted by atomic mass is 35.5. The van der Waals surface area contributed by atoms with Gasteiger partial charge in [0.15, 0.2) is 0 Å². The third-order valence-electron chi connectivity index (χ3n) is 4.65. The zero-order chi connectivity index (χ0) is 18.5. The third-order valence-corrected chi connectivity index (χ3v) is 4.90. The van der Waals surface area contributed by atoms with Crippen LogP contribution in [0, 0.1) is 0 Å². The van der Waals surface area contributed by atoms with Gasteiger partial charge in [-0.25, -0.2) is 4.68 Å². The van der Waals surface area contributed by atoms with E-state index in [9.17, 15) is 9.59 Å². The fraction of sp³-hybridized carbons (Fsp3) is 0.421. The van der Waals surface area contributed by atoms with Gasteiger partial charge in [-0.2, -0.15) is 5.10 Å². The number of hydrogen-bond acceptors (Lipinski definition) is 3. The van der Waals surface area contributed by atoms with Crippen molar-refractivity contribution in [2.75, 3.05) is 5.32 Å². The Bertz CT molecular complexity index is 766. The fourth-order valence-electron chi connectivity index (χ4n) is 3.43. The summed E-state index contributed by atoms with van der Waals surface area (Å²) in [6.07, 6.45) is 6.40. The maximum atomic E-state index is 12.6. The largest absolute Gasteiger partial charge is 0.349 e. The van der Waals surface area contributed by atoms with Gasteiger partial charge in [-0.1, -0.05) is 36.6 Å². The second-order valence-electron chi connectivity index (χ2n) is 6.66. The van der Waals surface area contributed by atoms with E-state index in [1.165, 1.54) is 19.8 Å². The zero-order valence-electron chi connectivity index (χ0n) is 14.7. The minimum absolute atomic E-state index is 0.136. The number of hydrogen-bond donors (Lipinski definition) is 2. The van der Waals surface area contributed by atoms with E-state index in [0.29, 0.717) is 16.9 Å². The Morgan fingerprint density at radius 2 is 1.92 bits per heavy atom. The van der Waals surface area contributed by atoms with E-state index in [-0.39, 0.29) is 18.2 Å². The molecule has 26 heavy (non-hydrogen) atoms. The lowest BCUT2D eigenvalue weighted by Crippen LogP contribution is -2.30. The third kappa shape index (κ3) is 4.64. The molecule has 1 aromatic carbocycles. The number of amides is 2. The van der Waals surface area contributed by atoms with E-state index in [4.69, 9.17) is 11.6 Å². The van der Waals surface area contributed by atoms with Crippen LogP contribution in [0.1, 0.15) is 56.7 Å². The van der Waals surface area contributed by atoms with Crippen molar-refractivity contribution in [2.24, 2.45) is 0 Å². The van der Waals surface area contributed by atoms with Gasteiger partial charge in [0.2, 0.25) is 11.8 Å². The molecule has 1 atom stereocenters. The van der Waals surface area contributed by atoms with Gasteiger partial charge >= 0.3 is 0 Å². The quantitative estimate of drug-likeness (QED) is 0.806. The highest BCUT2D eigenvalue weighted by Crippen LogP contribution is 2.31. The van der Waals surface area contributed by atoms with Crippen LogP contribution in [0.2, 0.25) is 5.02 Å². The summed E-state index contributed by atoms with van der Waals surface area (Å²) in [7, 11) is 0. The Hall–Kier alpha value is -2.34. The number of rotatable bonds is 6. The van der Waals surface area contributed by atoms with Crippen LogP contribution in [0.15, 0.2) is 36.5 Å². The van der Waals surface area contributed by atoms with Gasteiger partial charge in [-0.15, -0.1) is 0 Å². The number of carbonyl (C=O) groups is 2. The van der Waals surface area contributed by atoms with E-state index >= 15 is 0 Å². The van der Waals surface area contributed by atoms with Crippen molar-refractivity contribution >= 4 is 29.2 Å². The smallest absolute Gasteiger partial charge is 0.227 e. The summed E-state index contributed by atoms with van der Waals surface area (Å²) in [5.74, 6) is 0.353. The van der Waals surface area contributed by atoms with E-state index in [1.807, 2.05) is 22.9 Å². The van der Waals surface area contributed by atoms with E-state index in [2.05, 4.69) is 15.7 Å². The number of nitrogens with one attached hydrogen (secondary N) is 2. The molecule has 2 amide bonds. The van der Waals surface area contributed by atoms with Crippen molar-refractivity contribution in [2.45, 2.75) is 51.1 Å². The fourth-order valence-corrected chi connectivity index (χ4v) is 3.55. The molecule has 0 radical (unpaired) electrons. The van der Waals surface area contributed by atoms with Gasteiger partial charge in [0.05, 0.1) is 24.7 Å². The molecule has 1 aromatic heterocycles. The molecule has 1 aliphatic carbocycles. The van der Waals surface area contributed by atoms with Crippen LogP contribution >= 0.6 is 11.6 Å². The molecule has 1 unspecified atom stereocenters. The highest BCUT2D eigenvalue weighted by molar-refractivity contribution is 6.30. The van der Waals surface area contributed by atoms with E-state index in [1.54, 1.807) is 18.3 Å². The summed E-state index contributed by atoms with van der Waals surface area (Å²) < 4.78 is 1.90. The molecule has 1 saturated carbocycles. The number of benzene rings is 1. The lowest BCUT2D eigenvalue weighted by molar-refractivity contribution is -0.120. The van der Waals surface area contributed by atoms with Crippen LogP contribution < -0.4 is 10.6 Å². The topological polar surface area (TPSA) is 76.0 Å². The summed E-state index contributed by atoms with van der Waals surface area (Å²) in [5.41, 5.74) is 0.837. The predicted molar refractivity (Wildman–Crippen MR) is 101 cm³/mol. The molecule has 6 nitrogen and oxygen atoms in total. The van der Waals surface area contributed by atoms with Crippen LogP contribution in [-0.4, -0.2) is 21.6 Å². The number of nitrogens with zero attached hydrogens (tertiary/aromatic N) is 2. The van der Waals surface area contributed by atoms with Gasteiger partial charge in [0.1, 0.15) is 5.82 Å². The summed E-state index contributed by atoms with van der Waals surface area (Å²) in [5, 5.41) is 10.7. The summed E-state index contributed by atoms with van der Waals surface area (Å²) >= 11 is 5.93. The minimum Gasteiger partial charge on any atom is -0.349 e. The Labute approximate surface area is 157 Å². The Balaban J connectivity index is 1.69. The lowest BCUT2D eigenvalue weighted by atomic mass is 10.0. The number of carbonyl (C=O) groups excluding carboxylic acids is 2. The van der Waals surface area contributed by atoms with Crippen LogP contribution in [0.5, 0.6) is 0 Å². The molecule has 3 rings (SSSR count). The molecule has 0 spiro atoms. The van der Waals surface area contributed by atoms with Crippen molar-refractivity contribution in [1.29, 1.82) is 0 Å². The molecule has 0 saturated heterocycles. The maximum Gasteiger partial charge on any atom is 0.227 e. The minimum atomic E-state index is -0.410. The maximum absolute atomic E-state index is 12.6. The molecule has 2 N–H and O–H groups in total. The first-order chi connectivity index (χ1) is 12.5. The Kier molecular flexibility index (Phi) is 5.93. The predicted octanol–water partition coefficient (Wildman–Crippen LogP) is 3.86. The standard InChI is InChI=1S/C19H23ClN4O2/c1-13(25)22-17(14-6-8-15(20)9-7-14)12-19(26)23-18-10-11-21-24(18)16-4-2-3-5-16/h6-11,16-17H,2-5,12H2,1H3,(H,22,25)(H,23,26). The Morgan fingerprint density at radius 1 is 1.23 bits per heavy atom. The molecule has 0 bridgehead atoms. The molecule has 138 valence electrons. The van der Waals surface area contributed by atoms with Crippen LogP contribution in [0.3, 0.4) is 0 Å². The molecule has 1 aliphatic rings. The van der Waals surface area contributed by atoms with E-state index in [0.717, 1.165) is 18.4 Å². The molecule has 7 heteroatoms. The first-order valence-corrected chi connectivity index (χ1v) is 9.26. The molecule has 2 aromatic rings. The van der Waals surface area contributed by atoms with Crippen molar-refractivity contribution in [1.82, 2.24) is 15.1 Å². The second kappa shape index (κ2) is 8.36. The van der Waals surface area contributed by atoms with Crippen LogP contribution in [0.25, 0.3) is 0 Å². The molecule has 1 fully saturated rings. The van der Waals surface area contributed by atoms with E-state index < -0.39 is 6.04 Å². The lowest BCUT2D eigenvalue weighted by Gasteiger charge is -2.19.